The Bertz CT molecular complexity index is 660. The maximum absolute atomic E-state index is 11.9. The number of hydrogen-bond donors (Lipinski definition) is 2. The van der Waals surface area contributed by atoms with Crippen molar-refractivity contribution >= 4 is 5.91 Å². The third-order valence-corrected chi connectivity index (χ3v) is 2.92. The zero-order valence-electron chi connectivity index (χ0n) is 11.5. The van der Waals surface area contributed by atoms with Crippen molar-refractivity contribution in [1.29, 1.82) is 0 Å². The molecular formula is C14H16N2O5. The van der Waals surface area contributed by atoms with Crippen LogP contribution in [0.1, 0.15) is 11.5 Å². The first-order valence-corrected chi connectivity index (χ1v) is 6.31. The van der Waals surface area contributed by atoms with E-state index in [0.717, 1.165) is 0 Å². The van der Waals surface area contributed by atoms with E-state index in [1.807, 2.05) is 0 Å². The topological polar surface area (TPSA) is 93.7 Å². The Morgan fingerprint density at radius 3 is 2.95 bits per heavy atom. The summed E-state index contributed by atoms with van der Waals surface area (Å²) in [5, 5.41) is 11.9. The number of ether oxygens (including phenoxy) is 1. The Morgan fingerprint density at radius 1 is 1.52 bits per heavy atom. The maximum atomic E-state index is 11.9. The standard InChI is InChI=1S/C14H16N2O5/c1-20-13-7-16(10(9-17)5-12(13)18)8-14(19)15-6-11-3-2-4-21-11/h2-5,7,17H,6,8-9H2,1H3,(H,15,19). The molecule has 0 aliphatic heterocycles. The number of furan rings is 1. The molecule has 0 radical (unpaired) electrons. The normalized spacial score (nSPS) is 10.4. The largest absolute Gasteiger partial charge is 0.491 e. The van der Waals surface area contributed by atoms with Gasteiger partial charge in [-0.25, -0.2) is 0 Å². The lowest BCUT2D eigenvalue weighted by atomic mass is 10.3. The van der Waals surface area contributed by atoms with Crippen molar-refractivity contribution in [3.8, 4) is 5.75 Å². The number of nitrogens with one attached hydrogen (secondary N) is 1. The first kappa shape index (κ1) is 14.9. The van der Waals surface area contributed by atoms with Gasteiger partial charge in [0.25, 0.3) is 0 Å². The third kappa shape index (κ3) is 3.73. The van der Waals surface area contributed by atoms with Crippen molar-refractivity contribution in [3.05, 3.63) is 52.3 Å². The van der Waals surface area contributed by atoms with E-state index in [4.69, 9.17) is 9.15 Å². The molecule has 2 aromatic rings. The number of aromatic nitrogens is 1. The molecule has 0 spiro atoms. The van der Waals surface area contributed by atoms with Crippen molar-refractivity contribution in [1.82, 2.24) is 9.88 Å². The van der Waals surface area contributed by atoms with Crippen molar-refractivity contribution in [2.75, 3.05) is 7.11 Å². The number of rotatable bonds is 6. The summed E-state index contributed by atoms with van der Waals surface area (Å²) in [6, 6.07) is 4.73. The molecule has 2 rings (SSSR count). The van der Waals surface area contributed by atoms with Crippen molar-refractivity contribution < 1.29 is 19.1 Å². The van der Waals surface area contributed by atoms with Crippen LogP contribution in [0.5, 0.6) is 5.75 Å². The van der Waals surface area contributed by atoms with Gasteiger partial charge in [0.2, 0.25) is 11.3 Å². The second-order valence-electron chi connectivity index (χ2n) is 4.34. The quantitative estimate of drug-likeness (QED) is 0.796. The van der Waals surface area contributed by atoms with Gasteiger partial charge in [0.1, 0.15) is 12.3 Å². The van der Waals surface area contributed by atoms with E-state index in [2.05, 4.69) is 5.32 Å². The number of amides is 1. The molecule has 1 amide bonds. The van der Waals surface area contributed by atoms with E-state index >= 15 is 0 Å². The Morgan fingerprint density at radius 2 is 2.33 bits per heavy atom. The Kier molecular flexibility index (Phi) is 4.78. The van der Waals surface area contributed by atoms with Gasteiger partial charge in [-0.1, -0.05) is 0 Å². The number of carbonyl (C=O) groups is 1. The van der Waals surface area contributed by atoms with E-state index < -0.39 is 0 Å². The van der Waals surface area contributed by atoms with Crippen LogP contribution in [0.3, 0.4) is 0 Å². The molecule has 0 saturated heterocycles. The summed E-state index contributed by atoms with van der Waals surface area (Å²) >= 11 is 0. The lowest BCUT2D eigenvalue weighted by Crippen LogP contribution is -2.28. The molecule has 0 saturated carbocycles. The van der Waals surface area contributed by atoms with E-state index in [1.165, 1.54) is 30.2 Å². The minimum absolute atomic E-state index is 0.0345. The molecule has 0 aliphatic carbocycles. The highest BCUT2D eigenvalue weighted by molar-refractivity contribution is 5.75. The van der Waals surface area contributed by atoms with Gasteiger partial charge >= 0.3 is 0 Å². The SMILES string of the molecule is COc1cn(CC(=O)NCc2ccco2)c(CO)cc1=O. The predicted molar refractivity (Wildman–Crippen MR) is 73.7 cm³/mol. The fourth-order valence-corrected chi connectivity index (χ4v) is 1.84. The summed E-state index contributed by atoms with van der Waals surface area (Å²) in [5.74, 6) is 0.487. The highest BCUT2D eigenvalue weighted by Crippen LogP contribution is 2.07. The van der Waals surface area contributed by atoms with E-state index in [9.17, 15) is 14.7 Å². The average molecular weight is 292 g/mol. The van der Waals surface area contributed by atoms with Gasteiger partial charge < -0.3 is 24.1 Å². The number of hydrogen-bond acceptors (Lipinski definition) is 5. The molecule has 2 heterocycles. The highest BCUT2D eigenvalue weighted by Gasteiger charge is 2.10. The Balaban J connectivity index is 2.07. The lowest BCUT2D eigenvalue weighted by Gasteiger charge is -2.13. The smallest absolute Gasteiger partial charge is 0.240 e. The first-order valence-electron chi connectivity index (χ1n) is 6.31. The molecule has 0 aliphatic rings. The van der Waals surface area contributed by atoms with Crippen LogP contribution in [-0.2, 0) is 24.5 Å². The Labute approximate surface area is 120 Å². The number of carbonyl (C=O) groups excluding carboxylic acids is 1. The van der Waals surface area contributed by atoms with E-state index in [1.54, 1.807) is 12.1 Å². The van der Waals surface area contributed by atoms with Gasteiger partial charge in [-0.2, -0.15) is 0 Å². The van der Waals surface area contributed by atoms with Crippen LogP contribution in [-0.4, -0.2) is 22.7 Å². The molecule has 21 heavy (non-hydrogen) atoms. The molecule has 0 aromatic carbocycles. The fraction of sp³-hybridized carbons (Fsp3) is 0.286. The molecule has 2 aromatic heterocycles. The second-order valence-corrected chi connectivity index (χ2v) is 4.34. The molecule has 112 valence electrons. The molecule has 0 atom stereocenters. The molecular weight excluding hydrogens is 276 g/mol. The molecule has 0 unspecified atom stereocenters. The number of methoxy groups -OCH3 is 1. The number of aliphatic hydroxyl groups excluding tert-OH is 1. The molecule has 7 heteroatoms. The van der Waals surface area contributed by atoms with Crippen LogP contribution in [0, 0.1) is 0 Å². The van der Waals surface area contributed by atoms with Gasteiger partial charge in [0.15, 0.2) is 5.75 Å². The van der Waals surface area contributed by atoms with Gasteiger partial charge in [0, 0.05) is 11.8 Å². The van der Waals surface area contributed by atoms with Crippen LogP contribution in [0.4, 0.5) is 0 Å². The molecule has 2 N–H and O–H groups in total. The summed E-state index contributed by atoms with van der Waals surface area (Å²) in [6.45, 7) is -0.102. The summed E-state index contributed by atoms with van der Waals surface area (Å²) < 4.78 is 11.5. The van der Waals surface area contributed by atoms with Crippen LogP contribution >= 0.6 is 0 Å². The lowest BCUT2D eigenvalue weighted by molar-refractivity contribution is -0.122. The fourth-order valence-electron chi connectivity index (χ4n) is 1.84. The monoisotopic (exact) mass is 292 g/mol. The minimum atomic E-state index is -0.343. The second kappa shape index (κ2) is 6.76. The number of nitrogens with zero attached hydrogens (tertiary/aromatic N) is 1. The summed E-state index contributed by atoms with van der Waals surface area (Å²) in [7, 11) is 1.37. The molecule has 0 bridgehead atoms. The van der Waals surface area contributed by atoms with Crippen LogP contribution < -0.4 is 15.5 Å². The highest BCUT2D eigenvalue weighted by atomic mass is 16.5. The zero-order valence-corrected chi connectivity index (χ0v) is 11.5. The first-order chi connectivity index (χ1) is 10.1. The molecule has 0 fully saturated rings. The van der Waals surface area contributed by atoms with Gasteiger partial charge in [-0.3, -0.25) is 9.59 Å². The summed E-state index contributed by atoms with van der Waals surface area (Å²) in [4.78, 5) is 23.5. The van der Waals surface area contributed by atoms with Crippen molar-refractivity contribution in [2.24, 2.45) is 0 Å². The van der Waals surface area contributed by atoms with Crippen molar-refractivity contribution in [3.63, 3.8) is 0 Å². The van der Waals surface area contributed by atoms with Crippen LogP contribution in [0.15, 0.2) is 39.9 Å². The summed E-state index contributed by atoms with van der Waals surface area (Å²) in [6.07, 6.45) is 2.93. The Hall–Kier alpha value is -2.54. The van der Waals surface area contributed by atoms with Gasteiger partial charge in [-0.05, 0) is 12.1 Å². The molecule has 7 nitrogen and oxygen atoms in total. The number of pyridine rings is 1. The van der Waals surface area contributed by atoms with Crippen molar-refractivity contribution in [2.45, 2.75) is 19.7 Å². The third-order valence-electron chi connectivity index (χ3n) is 2.92. The minimum Gasteiger partial charge on any atom is -0.491 e. The van der Waals surface area contributed by atoms with Gasteiger partial charge in [0.05, 0.1) is 32.7 Å². The number of aliphatic hydroxyl groups is 1. The predicted octanol–water partition coefficient (Wildman–Crippen LogP) is 0.259. The van der Waals surface area contributed by atoms with E-state index in [0.29, 0.717) is 11.5 Å². The van der Waals surface area contributed by atoms with Crippen LogP contribution in [0.25, 0.3) is 0 Å². The zero-order chi connectivity index (χ0) is 15.2. The maximum Gasteiger partial charge on any atom is 0.240 e. The van der Waals surface area contributed by atoms with Gasteiger partial charge in [-0.15, -0.1) is 0 Å². The summed E-state index contributed by atoms with van der Waals surface area (Å²) in [5.41, 5.74) is 0.00254. The average Bonchev–Trinajstić information content (AvgIpc) is 2.99. The van der Waals surface area contributed by atoms with E-state index in [-0.39, 0.29) is 36.8 Å². The van der Waals surface area contributed by atoms with Crippen LogP contribution in [0.2, 0.25) is 0 Å².